The number of benzene rings is 5. The monoisotopic (exact) mass is 584 g/mol. The molecule has 4 nitrogen and oxygen atoms in total. The summed E-state index contributed by atoms with van der Waals surface area (Å²) in [6, 6.07) is 42.8. The molecular formula is C41H36N4. The number of hydrogen-bond acceptors (Lipinski definition) is 3. The van der Waals surface area contributed by atoms with Crippen molar-refractivity contribution in [1.29, 1.82) is 0 Å². The van der Waals surface area contributed by atoms with Gasteiger partial charge in [-0.25, -0.2) is 15.0 Å². The van der Waals surface area contributed by atoms with Gasteiger partial charge in [0.05, 0.1) is 11.0 Å². The lowest BCUT2D eigenvalue weighted by Crippen LogP contribution is -2.33. The number of para-hydroxylation sites is 2. The first-order valence-electron chi connectivity index (χ1n) is 15.8. The summed E-state index contributed by atoms with van der Waals surface area (Å²) in [5.41, 5.74) is 9.52. The van der Waals surface area contributed by atoms with E-state index in [-0.39, 0.29) is 10.8 Å². The molecule has 7 aromatic rings. The third kappa shape index (κ3) is 4.64. The Kier molecular flexibility index (Phi) is 6.25. The molecule has 0 fully saturated rings. The van der Waals surface area contributed by atoms with Gasteiger partial charge in [-0.1, -0.05) is 107 Å². The van der Waals surface area contributed by atoms with Crippen LogP contribution in [0.15, 0.2) is 121 Å². The van der Waals surface area contributed by atoms with Crippen LogP contribution in [0.4, 0.5) is 0 Å². The minimum absolute atomic E-state index is 0.0942. The molecule has 0 spiro atoms. The van der Waals surface area contributed by atoms with Gasteiger partial charge in [-0.3, -0.25) is 0 Å². The molecule has 2 aromatic heterocycles. The molecule has 0 N–H and O–H groups in total. The predicted octanol–water partition coefficient (Wildman–Crippen LogP) is 10.3. The van der Waals surface area contributed by atoms with E-state index >= 15 is 0 Å². The third-order valence-corrected chi connectivity index (χ3v) is 9.72. The zero-order valence-electron chi connectivity index (χ0n) is 26.3. The van der Waals surface area contributed by atoms with E-state index in [1.165, 1.54) is 33.8 Å². The van der Waals surface area contributed by atoms with Crippen LogP contribution in [0, 0.1) is 0 Å². The second-order valence-corrected chi connectivity index (χ2v) is 13.6. The summed E-state index contributed by atoms with van der Waals surface area (Å²) in [6.45, 7) is 9.45. The maximum absolute atomic E-state index is 5.16. The summed E-state index contributed by atoms with van der Waals surface area (Å²) in [5, 5.41) is 2.38. The molecule has 0 atom stereocenters. The van der Waals surface area contributed by atoms with Gasteiger partial charge in [0, 0.05) is 33.2 Å². The molecule has 1 aliphatic carbocycles. The molecule has 0 saturated carbocycles. The van der Waals surface area contributed by atoms with Crippen LogP contribution in [-0.2, 0) is 10.8 Å². The van der Waals surface area contributed by atoms with E-state index < -0.39 is 0 Å². The lowest BCUT2D eigenvalue weighted by atomic mass is 9.63. The lowest BCUT2D eigenvalue weighted by Gasteiger charge is -2.42. The van der Waals surface area contributed by atoms with Crippen LogP contribution >= 0.6 is 0 Å². The van der Waals surface area contributed by atoms with Crippen LogP contribution in [0.25, 0.3) is 61.7 Å². The molecule has 0 aliphatic heterocycles. The van der Waals surface area contributed by atoms with Gasteiger partial charge in [0.15, 0.2) is 17.5 Å². The van der Waals surface area contributed by atoms with Crippen LogP contribution < -0.4 is 0 Å². The number of fused-ring (bicyclic) bond motifs is 4. The van der Waals surface area contributed by atoms with Crippen molar-refractivity contribution in [3.8, 4) is 39.9 Å². The SMILES string of the molecule is CC1(C)CCC(C)(C)c2cc(-c3nc(-c4ccccc4)nc(-c4ccc5c(c4)c4ccccc4n5-c4ccccc4)n3)ccc21. The van der Waals surface area contributed by atoms with Gasteiger partial charge in [-0.05, 0) is 77.3 Å². The van der Waals surface area contributed by atoms with Gasteiger partial charge in [0.1, 0.15) is 0 Å². The molecule has 0 saturated heterocycles. The highest BCUT2D eigenvalue weighted by atomic mass is 15.0. The van der Waals surface area contributed by atoms with Gasteiger partial charge < -0.3 is 4.57 Å². The fraction of sp³-hybridized carbons (Fsp3) is 0.195. The molecule has 5 aromatic carbocycles. The second kappa shape index (κ2) is 10.2. The van der Waals surface area contributed by atoms with E-state index in [0.717, 1.165) is 34.3 Å². The smallest absolute Gasteiger partial charge is 0.164 e. The Hall–Kier alpha value is -5.09. The Morgan fingerprint density at radius 1 is 0.467 bits per heavy atom. The first-order chi connectivity index (χ1) is 21.8. The van der Waals surface area contributed by atoms with Gasteiger partial charge in [-0.2, -0.15) is 0 Å². The maximum atomic E-state index is 5.16. The van der Waals surface area contributed by atoms with Gasteiger partial charge in [-0.15, -0.1) is 0 Å². The first kappa shape index (κ1) is 27.5. The lowest BCUT2D eigenvalue weighted by molar-refractivity contribution is 0.332. The summed E-state index contributed by atoms with van der Waals surface area (Å²) >= 11 is 0. The Morgan fingerprint density at radius 2 is 1.00 bits per heavy atom. The quantitative estimate of drug-likeness (QED) is 0.207. The highest BCUT2D eigenvalue weighted by Gasteiger charge is 2.37. The molecule has 1 aliphatic rings. The largest absolute Gasteiger partial charge is 0.309 e. The Morgan fingerprint density at radius 3 is 1.71 bits per heavy atom. The van der Waals surface area contributed by atoms with Gasteiger partial charge in [0.2, 0.25) is 0 Å². The molecule has 220 valence electrons. The Bertz CT molecular complexity index is 2210. The molecule has 0 amide bonds. The summed E-state index contributed by atoms with van der Waals surface area (Å²) in [5.74, 6) is 2.06. The van der Waals surface area contributed by atoms with Crippen molar-refractivity contribution in [2.24, 2.45) is 0 Å². The van der Waals surface area contributed by atoms with Crippen molar-refractivity contribution in [1.82, 2.24) is 19.5 Å². The van der Waals surface area contributed by atoms with Crippen molar-refractivity contribution in [2.45, 2.75) is 51.4 Å². The summed E-state index contributed by atoms with van der Waals surface area (Å²) in [7, 11) is 0. The summed E-state index contributed by atoms with van der Waals surface area (Å²) in [4.78, 5) is 15.3. The topological polar surface area (TPSA) is 43.6 Å². The van der Waals surface area contributed by atoms with Crippen molar-refractivity contribution in [3.05, 3.63) is 132 Å². The fourth-order valence-electron chi connectivity index (χ4n) is 7.05. The third-order valence-electron chi connectivity index (χ3n) is 9.72. The molecule has 0 unspecified atom stereocenters. The van der Waals surface area contributed by atoms with E-state index in [2.05, 4.69) is 135 Å². The van der Waals surface area contributed by atoms with Crippen molar-refractivity contribution >= 4 is 21.8 Å². The average Bonchev–Trinajstić information content (AvgIpc) is 3.41. The molecular weight excluding hydrogens is 548 g/mol. The Labute approximate surface area is 264 Å². The number of nitrogens with zero attached hydrogens (tertiary/aromatic N) is 4. The second-order valence-electron chi connectivity index (χ2n) is 13.6. The molecule has 2 heterocycles. The van der Waals surface area contributed by atoms with Crippen molar-refractivity contribution < 1.29 is 0 Å². The van der Waals surface area contributed by atoms with Crippen LogP contribution in [0.1, 0.15) is 51.7 Å². The predicted molar refractivity (Wildman–Crippen MR) is 186 cm³/mol. The van der Waals surface area contributed by atoms with Crippen molar-refractivity contribution in [2.75, 3.05) is 0 Å². The standard InChI is InChI=1S/C41H36N4/c1-40(2)23-24-41(3,4)34-26-29(19-21-33(34)40)39-43-37(27-13-7-5-8-14-27)42-38(44-39)28-20-22-36-32(25-28)31-17-11-12-18-35(31)45(36)30-15-9-6-10-16-30/h5-22,25-26H,23-24H2,1-4H3. The Balaban J connectivity index is 1.33. The average molecular weight is 585 g/mol. The van der Waals surface area contributed by atoms with E-state index in [0.29, 0.717) is 17.5 Å². The van der Waals surface area contributed by atoms with E-state index in [4.69, 9.17) is 15.0 Å². The molecule has 45 heavy (non-hydrogen) atoms. The normalized spacial score (nSPS) is 15.3. The number of aromatic nitrogens is 4. The highest BCUT2D eigenvalue weighted by Crippen LogP contribution is 2.46. The van der Waals surface area contributed by atoms with Gasteiger partial charge >= 0.3 is 0 Å². The first-order valence-corrected chi connectivity index (χ1v) is 15.8. The molecule has 4 heteroatoms. The van der Waals surface area contributed by atoms with Crippen LogP contribution in [0.5, 0.6) is 0 Å². The summed E-state index contributed by atoms with van der Waals surface area (Å²) in [6.07, 6.45) is 2.34. The number of hydrogen-bond donors (Lipinski definition) is 0. The van der Waals surface area contributed by atoms with E-state index in [9.17, 15) is 0 Å². The van der Waals surface area contributed by atoms with Crippen LogP contribution in [-0.4, -0.2) is 19.5 Å². The minimum atomic E-state index is 0.0942. The molecule has 0 radical (unpaired) electrons. The zero-order valence-corrected chi connectivity index (χ0v) is 26.3. The fourth-order valence-corrected chi connectivity index (χ4v) is 7.05. The van der Waals surface area contributed by atoms with Crippen LogP contribution in [0.2, 0.25) is 0 Å². The summed E-state index contributed by atoms with van der Waals surface area (Å²) < 4.78 is 2.33. The van der Waals surface area contributed by atoms with Crippen molar-refractivity contribution in [3.63, 3.8) is 0 Å². The van der Waals surface area contributed by atoms with E-state index in [1.807, 2.05) is 18.2 Å². The van der Waals surface area contributed by atoms with Gasteiger partial charge in [0.25, 0.3) is 0 Å². The number of rotatable bonds is 4. The zero-order chi connectivity index (χ0) is 30.8. The molecule has 0 bridgehead atoms. The highest BCUT2D eigenvalue weighted by molar-refractivity contribution is 6.10. The minimum Gasteiger partial charge on any atom is -0.309 e. The molecule has 8 rings (SSSR count). The van der Waals surface area contributed by atoms with Crippen LogP contribution in [0.3, 0.4) is 0 Å². The van der Waals surface area contributed by atoms with E-state index in [1.54, 1.807) is 0 Å². The maximum Gasteiger partial charge on any atom is 0.164 e.